The maximum absolute atomic E-state index is 12.4. The maximum Gasteiger partial charge on any atom is 0.281 e. The Morgan fingerprint density at radius 1 is 1.06 bits per heavy atom. The third-order valence-electron chi connectivity index (χ3n) is 4.10. The third kappa shape index (κ3) is 5.52. The molecule has 3 N–H and O–H groups in total. The maximum atomic E-state index is 12.4. The molecule has 0 bridgehead atoms. The fraction of sp³-hybridized carbons (Fsp3) is 0.0952. The molecule has 0 aliphatic carbocycles. The smallest absolute Gasteiger partial charge is 0.281 e. The molecule has 0 fully saturated rings. The van der Waals surface area contributed by atoms with E-state index in [1.165, 1.54) is 24.5 Å². The Labute approximate surface area is 193 Å². The average molecular weight is 476 g/mol. The van der Waals surface area contributed by atoms with Crippen molar-refractivity contribution < 1.29 is 19.1 Å². The van der Waals surface area contributed by atoms with Crippen molar-refractivity contribution in [2.24, 2.45) is 0 Å². The van der Waals surface area contributed by atoms with Crippen LogP contribution in [0.5, 0.6) is 11.5 Å². The summed E-state index contributed by atoms with van der Waals surface area (Å²) in [6, 6.07) is 12.7. The van der Waals surface area contributed by atoms with Crippen molar-refractivity contribution in [1.29, 1.82) is 0 Å². The number of thiophene rings is 1. The predicted octanol–water partition coefficient (Wildman–Crippen LogP) is 3.92. The highest BCUT2D eigenvalue weighted by Crippen LogP contribution is 2.34. The Morgan fingerprint density at radius 3 is 2.52 bits per heavy atom. The van der Waals surface area contributed by atoms with Gasteiger partial charge in [0.05, 0.1) is 19.2 Å². The highest BCUT2D eigenvalue weighted by Gasteiger charge is 2.17. The molecule has 1 heterocycles. The fourth-order valence-electron chi connectivity index (χ4n) is 2.64. The molecule has 1 aromatic heterocycles. The van der Waals surface area contributed by atoms with Crippen molar-refractivity contribution in [1.82, 2.24) is 16.2 Å². The molecule has 160 valence electrons. The van der Waals surface area contributed by atoms with Crippen LogP contribution in [0.15, 0.2) is 48.5 Å². The van der Waals surface area contributed by atoms with Gasteiger partial charge in [-0.15, -0.1) is 11.3 Å². The third-order valence-corrected chi connectivity index (χ3v) is 5.98. The summed E-state index contributed by atoms with van der Waals surface area (Å²) in [4.78, 5) is 24.8. The van der Waals surface area contributed by atoms with Gasteiger partial charge in [-0.05, 0) is 42.1 Å². The van der Waals surface area contributed by atoms with Crippen LogP contribution in [-0.2, 0) is 4.79 Å². The number of hydrogen-bond acceptors (Lipinski definition) is 6. The van der Waals surface area contributed by atoms with Crippen LogP contribution in [0.2, 0.25) is 5.02 Å². The highest BCUT2D eigenvalue weighted by atomic mass is 35.5. The number of methoxy groups -OCH3 is 2. The quantitative estimate of drug-likeness (QED) is 0.294. The molecule has 0 saturated carbocycles. The Bertz CT molecular complexity index is 1180. The first-order chi connectivity index (χ1) is 14.9. The molecule has 0 aliphatic heterocycles. The zero-order chi connectivity index (χ0) is 22.4. The number of thiocarbonyl (C=S) groups is 1. The number of rotatable bonds is 5. The number of nitrogens with one attached hydrogen (secondary N) is 3. The summed E-state index contributed by atoms with van der Waals surface area (Å²) in [7, 11) is 3.07. The minimum absolute atomic E-state index is 0.0625. The summed E-state index contributed by atoms with van der Waals surface area (Å²) in [5.41, 5.74) is 5.66. The number of benzene rings is 2. The van der Waals surface area contributed by atoms with Crippen molar-refractivity contribution in [3.05, 3.63) is 64.0 Å². The minimum atomic E-state index is -0.471. The van der Waals surface area contributed by atoms with E-state index in [-0.39, 0.29) is 5.11 Å². The van der Waals surface area contributed by atoms with Crippen molar-refractivity contribution in [3.8, 4) is 11.5 Å². The van der Waals surface area contributed by atoms with E-state index in [0.29, 0.717) is 21.4 Å². The second kappa shape index (κ2) is 10.3. The van der Waals surface area contributed by atoms with Gasteiger partial charge in [0.2, 0.25) is 5.91 Å². The van der Waals surface area contributed by atoms with Crippen LogP contribution < -0.4 is 25.6 Å². The number of ether oxygens (including phenoxy) is 2. The van der Waals surface area contributed by atoms with E-state index in [1.807, 2.05) is 24.3 Å². The van der Waals surface area contributed by atoms with Gasteiger partial charge in [-0.2, -0.15) is 0 Å². The Morgan fingerprint density at radius 2 is 1.81 bits per heavy atom. The SMILES string of the molecule is COc1ccc(/C=C/C(=O)NC(=S)NNC(=O)c2sc3ccccc3c2Cl)cc1OC. The van der Waals surface area contributed by atoms with Gasteiger partial charge in [0.25, 0.3) is 5.91 Å². The van der Waals surface area contributed by atoms with Crippen LogP contribution in [0.1, 0.15) is 15.2 Å². The number of hydrazine groups is 1. The lowest BCUT2D eigenvalue weighted by atomic mass is 10.2. The van der Waals surface area contributed by atoms with Crippen LogP contribution in [-0.4, -0.2) is 31.1 Å². The molecule has 0 radical (unpaired) electrons. The van der Waals surface area contributed by atoms with Gasteiger partial charge in [0.1, 0.15) is 4.88 Å². The molecule has 0 saturated heterocycles. The molecule has 10 heteroatoms. The molecule has 3 aromatic rings. The number of hydrogen-bond donors (Lipinski definition) is 3. The first-order valence-electron chi connectivity index (χ1n) is 8.91. The number of amides is 2. The van der Waals surface area contributed by atoms with Crippen LogP contribution >= 0.6 is 35.2 Å². The second-order valence-corrected chi connectivity index (χ2v) is 7.92. The lowest BCUT2D eigenvalue weighted by molar-refractivity contribution is -0.115. The zero-order valence-corrected chi connectivity index (χ0v) is 18.9. The van der Waals surface area contributed by atoms with E-state index in [9.17, 15) is 9.59 Å². The molecule has 0 spiro atoms. The summed E-state index contributed by atoms with van der Waals surface area (Å²) in [6.07, 6.45) is 2.90. The Balaban J connectivity index is 1.54. The predicted molar refractivity (Wildman–Crippen MR) is 127 cm³/mol. The normalized spacial score (nSPS) is 10.7. The molecule has 3 rings (SSSR count). The molecule has 2 aromatic carbocycles. The summed E-state index contributed by atoms with van der Waals surface area (Å²) >= 11 is 12.6. The number of halogens is 1. The van der Waals surface area contributed by atoms with Gasteiger partial charge in [-0.3, -0.25) is 25.8 Å². The van der Waals surface area contributed by atoms with Crippen LogP contribution in [0.4, 0.5) is 0 Å². The summed E-state index contributed by atoms with van der Waals surface area (Å²) in [5, 5.41) is 3.55. The van der Waals surface area contributed by atoms with Crippen molar-refractivity contribution in [2.45, 2.75) is 0 Å². The number of carbonyl (C=O) groups excluding carboxylic acids is 2. The van der Waals surface area contributed by atoms with E-state index in [2.05, 4.69) is 16.2 Å². The molecule has 0 aliphatic rings. The molecular formula is C21H18ClN3O4S2. The molecule has 2 amide bonds. The van der Waals surface area contributed by atoms with E-state index < -0.39 is 11.8 Å². The van der Waals surface area contributed by atoms with Crippen molar-refractivity contribution in [2.75, 3.05) is 14.2 Å². The molecule has 0 unspecified atom stereocenters. The molecule has 7 nitrogen and oxygen atoms in total. The second-order valence-electron chi connectivity index (χ2n) is 6.09. The van der Waals surface area contributed by atoms with E-state index in [1.54, 1.807) is 31.4 Å². The number of fused-ring (bicyclic) bond motifs is 1. The summed E-state index contributed by atoms with van der Waals surface area (Å²) < 4.78 is 11.3. The van der Waals surface area contributed by atoms with E-state index in [4.69, 9.17) is 33.3 Å². The highest BCUT2D eigenvalue weighted by molar-refractivity contribution is 7.80. The van der Waals surface area contributed by atoms with E-state index in [0.717, 1.165) is 15.6 Å². The van der Waals surface area contributed by atoms with Crippen molar-refractivity contribution >= 4 is 68.2 Å². The van der Waals surface area contributed by atoms with Crippen LogP contribution in [0, 0.1) is 0 Å². The zero-order valence-electron chi connectivity index (χ0n) is 16.5. The number of carbonyl (C=O) groups is 2. The standard InChI is InChI=1S/C21H18ClN3O4S2/c1-28-14-9-7-12(11-15(14)29-2)8-10-17(26)23-21(30)25-24-20(27)19-18(22)13-5-3-4-6-16(13)31-19/h3-11H,1-2H3,(H,24,27)(H2,23,25,26,30)/b10-8+. The molecule has 31 heavy (non-hydrogen) atoms. The van der Waals surface area contributed by atoms with Gasteiger partial charge in [0, 0.05) is 16.2 Å². The largest absolute Gasteiger partial charge is 0.493 e. The monoisotopic (exact) mass is 475 g/mol. The summed E-state index contributed by atoms with van der Waals surface area (Å²) in [6.45, 7) is 0. The topological polar surface area (TPSA) is 88.7 Å². The average Bonchev–Trinajstić information content (AvgIpc) is 3.12. The van der Waals surface area contributed by atoms with Gasteiger partial charge >= 0.3 is 0 Å². The lowest BCUT2D eigenvalue weighted by Gasteiger charge is -2.09. The minimum Gasteiger partial charge on any atom is -0.493 e. The van der Waals surface area contributed by atoms with Crippen LogP contribution in [0.3, 0.4) is 0 Å². The first-order valence-corrected chi connectivity index (χ1v) is 10.5. The van der Waals surface area contributed by atoms with Crippen LogP contribution in [0.25, 0.3) is 16.2 Å². The Kier molecular flexibility index (Phi) is 7.45. The Hall–Kier alpha value is -3.14. The summed E-state index contributed by atoms with van der Waals surface area (Å²) in [5.74, 6) is 0.207. The van der Waals surface area contributed by atoms with Gasteiger partial charge in [-0.1, -0.05) is 35.9 Å². The first kappa shape index (κ1) is 22.5. The molecule has 0 atom stereocenters. The van der Waals surface area contributed by atoms with Gasteiger partial charge in [0.15, 0.2) is 16.6 Å². The fourth-order valence-corrected chi connectivity index (χ4v) is 4.21. The van der Waals surface area contributed by atoms with E-state index >= 15 is 0 Å². The molecular weight excluding hydrogens is 458 g/mol. The van der Waals surface area contributed by atoms with Gasteiger partial charge in [-0.25, -0.2) is 0 Å². The lowest BCUT2D eigenvalue weighted by Crippen LogP contribution is -2.48. The van der Waals surface area contributed by atoms with Crippen molar-refractivity contribution in [3.63, 3.8) is 0 Å². The van der Waals surface area contributed by atoms with Gasteiger partial charge < -0.3 is 9.47 Å².